The minimum absolute atomic E-state index is 0.625. The van der Waals surface area contributed by atoms with Gasteiger partial charge in [0.25, 0.3) is 0 Å². The molecule has 4 nitrogen and oxygen atoms in total. The first-order chi connectivity index (χ1) is 7.15. The zero-order valence-corrected chi connectivity index (χ0v) is 10.1. The number of rotatable bonds is 2. The van der Waals surface area contributed by atoms with E-state index in [0.717, 1.165) is 12.2 Å². The summed E-state index contributed by atoms with van der Waals surface area (Å²) in [5, 5.41) is 9.35. The van der Waals surface area contributed by atoms with Gasteiger partial charge in [-0.15, -0.1) is 0 Å². The van der Waals surface area contributed by atoms with Crippen molar-refractivity contribution in [2.24, 2.45) is 0 Å². The molecule has 2 rings (SSSR count). The van der Waals surface area contributed by atoms with Gasteiger partial charge in [-0.3, -0.25) is 13.9 Å². The Morgan fingerprint density at radius 3 is 2.53 bits per heavy atom. The van der Waals surface area contributed by atoms with E-state index in [-0.39, 0.29) is 0 Å². The van der Waals surface area contributed by atoms with Crippen LogP contribution in [0.25, 0.3) is 0 Å². The molecule has 0 radical (unpaired) electrons. The summed E-state index contributed by atoms with van der Waals surface area (Å²) in [5.74, 6) is 2.14. The molecule has 1 unspecified atom stereocenters. The largest absolute Gasteiger partial charge is 0.480 e. The van der Waals surface area contributed by atoms with E-state index in [4.69, 9.17) is 0 Å². The summed E-state index contributed by atoms with van der Waals surface area (Å²) in [4.78, 5) is 13.4. The van der Waals surface area contributed by atoms with Crippen LogP contribution < -0.4 is 0 Å². The SMILES string of the molecule is O=C(O)C1(N2CCS(=O)CC2)CCSC1. The van der Waals surface area contributed by atoms with Crippen molar-refractivity contribution in [2.75, 3.05) is 36.1 Å². The Kier molecular flexibility index (Phi) is 3.37. The molecule has 0 saturated carbocycles. The quantitative estimate of drug-likeness (QED) is 0.747. The standard InChI is InChI=1S/C9H15NO3S2/c11-8(12)9(1-4-14-7-9)10-2-5-15(13)6-3-10/h1-7H2,(H,11,12). The minimum Gasteiger partial charge on any atom is -0.480 e. The number of carbonyl (C=O) groups is 1. The molecule has 2 saturated heterocycles. The van der Waals surface area contributed by atoms with Crippen LogP contribution in [0, 0.1) is 0 Å². The lowest BCUT2D eigenvalue weighted by Crippen LogP contribution is -2.58. The van der Waals surface area contributed by atoms with Gasteiger partial charge < -0.3 is 5.11 Å². The molecule has 2 fully saturated rings. The summed E-state index contributed by atoms with van der Waals surface area (Å²) in [7, 11) is -0.734. The summed E-state index contributed by atoms with van der Waals surface area (Å²) in [5.41, 5.74) is -0.671. The smallest absolute Gasteiger partial charge is 0.325 e. The Morgan fingerprint density at radius 2 is 2.07 bits per heavy atom. The number of hydrogen-bond acceptors (Lipinski definition) is 4. The lowest BCUT2D eigenvalue weighted by molar-refractivity contribution is -0.149. The van der Waals surface area contributed by atoms with E-state index in [9.17, 15) is 14.1 Å². The van der Waals surface area contributed by atoms with Gasteiger partial charge in [-0.1, -0.05) is 0 Å². The van der Waals surface area contributed by atoms with Crippen LogP contribution in [0.1, 0.15) is 6.42 Å². The summed E-state index contributed by atoms with van der Waals surface area (Å²) < 4.78 is 11.2. The topological polar surface area (TPSA) is 57.6 Å². The highest BCUT2D eigenvalue weighted by atomic mass is 32.2. The Bertz CT molecular complexity index is 279. The highest BCUT2D eigenvalue weighted by Crippen LogP contribution is 2.34. The maximum absolute atomic E-state index is 11.4. The minimum atomic E-state index is -0.734. The number of hydrogen-bond donors (Lipinski definition) is 1. The van der Waals surface area contributed by atoms with Gasteiger partial charge >= 0.3 is 5.97 Å². The molecule has 86 valence electrons. The maximum atomic E-state index is 11.4. The summed E-state index contributed by atoms with van der Waals surface area (Å²) >= 11 is 1.71. The molecule has 0 aromatic heterocycles. The first kappa shape index (κ1) is 11.4. The second kappa shape index (κ2) is 4.43. The molecule has 2 heterocycles. The number of nitrogens with zero attached hydrogens (tertiary/aromatic N) is 1. The monoisotopic (exact) mass is 249 g/mol. The van der Waals surface area contributed by atoms with Crippen molar-refractivity contribution in [1.82, 2.24) is 4.90 Å². The molecule has 0 aromatic rings. The third-order valence-corrected chi connectivity index (χ3v) is 5.63. The zero-order chi connectivity index (χ0) is 10.9. The molecule has 6 heteroatoms. The van der Waals surface area contributed by atoms with Crippen molar-refractivity contribution in [1.29, 1.82) is 0 Å². The molecule has 15 heavy (non-hydrogen) atoms. The van der Waals surface area contributed by atoms with Crippen LogP contribution >= 0.6 is 11.8 Å². The van der Waals surface area contributed by atoms with E-state index in [1.165, 1.54) is 0 Å². The molecule has 2 aliphatic heterocycles. The maximum Gasteiger partial charge on any atom is 0.325 e. The van der Waals surface area contributed by atoms with Crippen LogP contribution in [0.3, 0.4) is 0 Å². The molecular weight excluding hydrogens is 234 g/mol. The second-order valence-electron chi connectivity index (χ2n) is 3.97. The third kappa shape index (κ3) is 2.07. The average Bonchev–Trinajstić information content (AvgIpc) is 2.69. The Labute approximate surface area is 95.9 Å². The van der Waals surface area contributed by atoms with Gasteiger partial charge in [0, 0.05) is 41.1 Å². The molecule has 1 atom stereocenters. The van der Waals surface area contributed by atoms with E-state index in [2.05, 4.69) is 0 Å². The van der Waals surface area contributed by atoms with Crippen molar-refractivity contribution in [3.05, 3.63) is 0 Å². The predicted octanol–water partition coefficient (Wildman–Crippen LogP) is 0.0110. The highest BCUT2D eigenvalue weighted by Gasteiger charge is 2.47. The number of carboxylic acid groups (broad SMARTS) is 1. The molecular formula is C9H15NO3S2. The van der Waals surface area contributed by atoms with Crippen LogP contribution in [0.5, 0.6) is 0 Å². The van der Waals surface area contributed by atoms with Crippen LogP contribution in [-0.2, 0) is 15.6 Å². The lowest BCUT2D eigenvalue weighted by atomic mass is 9.96. The van der Waals surface area contributed by atoms with Crippen LogP contribution in [0.2, 0.25) is 0 Å². The molecule has 0 amide bonds. The van der Waals surface area contributed by atoms with Gasteiger partial charge in [-0.05, 0) is 12.2 Å². The van der Waals surface area contributed by atoms with Crippen molar-refractivity contribution in [3.63, 3.8) is 0 Å². The second-order valence-corrected chi connectivity index (χ2v) is 6.78. The van der Waals surface area contributed by atoms with E-state index in [0.29, 0.717) is 30.3 Å². The van der Waals surface area contributed by atoms with Crippen molar-refractivity contribution in [2.45, 2.75) is 12.0 Å². The van der Waals surface area contributed by atoms with Crippen LogP contribution in [0.4, 0.5) is 0 Å². The summed E-state index contributed by atoms with van der Waals surface area (Å²) in [6.07, 6.45) is 0.722. The van der Waals surface area contributed by atoms with E-state index in [1.54, 1.807) is 11.8 Å². The Balaban J connectivity index is 2.11. The fourth-order valence-electron chi connectivity index (χ4n) is 2.17. The number of aliphatic carboxylic acids is 1. The zero-order valence-electron chi connectivity index (χ0n) is 8.48. The first-order valence-electron chi connectivity index (χ1n) is 5.06. The van der Waals surface area contributed by atoms with E-state index in [1.807, 2.05) is 4.90 Å². The molecule has 0 aromatic carbocycles. The van der Waals surface area contributed by atoms with Gasteiger partial charge in [-0.2, -0.15) is 11.8 Å². The third-order valence-electron chi connectivity index (χ3n) is 3.18. The first-order valence-corrected chi connectivity index (χ1v) is 7.71. The van der Waals surface area contributed by atoms with Crippen molar-refractivity contribution in [3.8, 4) is 0 Å². The van der Waals surface area contributed by atoms with Crippen LogP contribution in [-0.4, -0.2) is 61.8 Å². The van der Waals surface area contributed by atoms with Gasteiger partial charge in [-0.25, -0.2) is 0 Å². The molecule has 1 N–H and O–H groups in total. The molecule has 0 aliphatic carbocycles. The summed E-state index contributed by atoms with van der Waals surface area (Å²) in [6.45, 7) is 1.33. The van der Waals surface area contributed by atoms with Gasteiger partial charge in [0.2, 0.25) is 0 Å². The van der Waals surface area contributed by atoms with E-state index >= 15 is 0 Å². The predicted molar refractivity (Wildman–Crippen MR) is 61.8 cm³/mol. The Hall–Kier alpha value is -0.0700. The molecule has 0 spiro atoms. The van der Waals surface area contributed by atoms with Crippen LogP contribution in [0.15, 0.2) is 0 Å². The average molecular weight is 249 g/mol. The van der Waals surface area contributed by atoms with Gasteiger partial charge in [0.05, 0.1) is 0 Å². The van der Waals surface area contributed by atoms with Gasteiger partial charge in [0.15, 0.2) is 0 Å². The van der Waals surface area contributed by atoms with Crippen molar-refractivity contribution >= 4 is 28.5 Å². The number of carboxylic acids is 1. The van der Waals surface area contributed by atoms with Gasteiger partial charge in [0.1, 0.15) is 5.54 Å². The fraction of sp³-hybridized carbons (Fsp3) is 0.889. The normalized spacial score (nSPS) is 34.4. The fourth-order valence-corrected chi connectivity index (χ4v) is 4.64. The summed E-state index contributed by atoms with van der Waals surface area (Å²) in [6, 6.07) is 0. The number of thioether (sulfide) groups is 1. The molecule has 2 aliphatic rings. The lowest BCUT2D eigenvalue weighted by Gasteiger charge is -2.39. The Morgan fingerprint density at radius 1 is 1.40 bits per heavy atom. The molecule has 0 bridgehead atoms. The van der Waals surface area contributed by atoms with Crippen molar-refractivity contribution < 1.29 is 14.1 Å². The van der Waals surface area contributed by atoms with E-state index < -0.39 is 22.3 Å². The highest BCUT2D eigenvalue weighted by molar-refractivity contribution is 7.99.